The normalized spacial score (nSPS) is 27.8. The van der Waals surface area contributed by atoms with E-state index in [1.165, 1.54) is 49.8 Å². The van der Waals surface area contributed by atoms with E-state index in [0.29, 0.717) is 17.8 Å². The highest BCUT2D eigenvalue weighted by Gasteiger charge is 2.44. The molecule has 2 bridgehead atoms. The molecule has 2 nitrogen and oxygen atoms in total. The van der Waals surface area contributed by atoms with Crippen molar-refractivity contribution < 1.29 is 5.11 Å². The van der Waals surface area contributed by atoms with E-state index in [4.69, 9.17) is 0 Å². The minimum Gasteiger partial charge on any atom is -0.508 e. The highest BCUT2D eigenvalue weighted by atomic mass is 16.3. The van der Waals surface area contributed by atoms with Gasteiger partial charge in [-0.25, -0.2) is 0 Å². The van der Waals surface area contributed by atoms with Crippen molar-refractivity contribution in [2.75, 3.05) is 6.54 Å². The Bertz CT molecular complexity index is 713. The van der Waals surface area contributed by atoms with Gasteiger partial charge in [0.15, 0.2) is 0 Å². The van der Waals surface area contributed by atoms with Crippen LogP contribution in [0.2, 0.25) is 0 Å². The van der Waals surface area contributed by atoms with Gasteiger partial charge in [-0.1, -0.05) is 48.9 Å². The van der Waals surface area contributed by atoms with Crippen molar-refractivity contribution in [2.24, 2.45) is 0 Å². The summed E-state index contributed by atoms with van der Waals surface area (Å²) in [4.78, 5) is 2.76. The molecule has 1 aliphatic carbocycles. The fraction of sp³-hybridized carbons (Fsp3) is 0.478. The Kier molecular flexibility index (Phi) is 4.56. The molecule has 25 heavy (non-hydrogen) atoms. The van der Waals surface area contributed by atoms with E-state index in [1.807, 2.05) is 12.1 Å². The lowest BCUT2D eigenvalue weighted by molar-refractivity contribution is 0.0249. The number of phenols is 1. The van der Waals surface area contributed by atoms with E-state index in [1.54, 1.807) is 6.07 Å². The summed E-state index contributed by atoms with van der Waals surface area (Å²) in [5, 5.41) is 9.93. The lowest BCUT2D eigenvalue weighted by Gasteiger charge is -2.52. The first-order chi connectivity index (χ1) is 12.2. The number of aromatic hydroxyl groups is 1. The number of hydrogen-bond donors (Lipinski definition) is 1. The number of piperidine rings is 1. The molecule has 1 saturated heterocycles. The predicted molar refractivity (Wildman–Crippen MR) is 103 cm³/mol. The van der Waals surface area contributed by atoms with Crippen LogP contribution in [0.3, 0.4) is 0 Å². The zero-order valence-corrected chi connectivity index (χ0v) is 15.2. The summed E-state index contributed by atoms with van der Waals surface area (Å²) < 4.78 is 0. The summed E-state index contributed by atoms with van der Waals surface area (Å²) in [5.74, 6) is 0.411. The van der Waals surface area contributed by atoms with Crippen LogP contribution in [0.15, 0.2) is 54.6 Å². The maximum Gasteiger partial charge on any atom is 0.115 e. The van der Waals surface area contributed by atoms with Crippen molar-refractivity contribution in [2.45, 2.75) is 62.9 Å². The summed E-state index contributed by atoms with van der Waals surface area (Å²) in [7, 11) is 0. The Balaban J connectivity index is 1.51. The van der Waals surface area contributed by atoms with Crippen molar-refractivity contribution in [3.8, 4) is 5.75 Å². The summed E-state index contributed by atoms with van der Waals surface area (Å²) in [6.45, 7) is 3.57. The number of hydrogen-bond acceptors (Lipinski definition) is 2. The summed E-state index contributed by atoms with van der Waals surface area (Å²) >= 11 is 0. The van der Waals surface area contributed by atoms with Crippen LogP contribution in [0.1, 0.15) is 50.2 Å². The Morgan fingerprint density at radius 2 is 1.96 bits per heavy atom. The second kappa shape index (κ2) is 6.84. The number of phenolic OH excluding ortho intramolecular Hbond substituents is 1. The van der Waals surface area contributed by atoms with Gasteiger partial charge in [0.25, 0.3) is 0 Å². The van der Waals surface area contributed by atoms with Gasteiger partial charge in [-0.2, -0.15) is 0 Å². The standard InChI is InChI=1S/C23H29NO/c1-18(15-19-7-3-2-4-8-19)24-14-13-23(12-6-10-21(24)17-23)20-9-5-11-22(25)16-20/h2-5,7-9,11,16,18,21,25H,6,10,12-15,17H2,1H3/t18?,21-,23+/m1/s1. The fourth-order valence-corrected chi connectivity index (χ4v) is 5.26. The quantitative estimate of drug-likeness (QED) is 0.858. The smallest absolute Gasteiger partial charge is 0.115 e. The first-order valence-electron chi connectivity index (χ1n) is 9.75. The monoisotopic (exact) mass is 335 g/mol. The second-order valence-electron chi connectivity index (χ2n) is 8.11. The predicted octanol–water partition coefficient (Wildman–Crippen LogP) is 4.91. The molecule has 0 amide bonds. The number of fused-ring (bicyclic) bond motifs is 2. The van der Waals surface area contributed by atoms with Gasteiger partial charge in [0.05, 0.1) is 0 Å². The van der Waals surface area contributed by atoms with E-state index in [2.05, 4.69) is 48.2 Å². The topological polar surface area (TPSA) is 23.5 Å². The van der Waals surface area contributed by atoms with E-state index < -0.39 is 0 Å². The number of nitrogens with zero attached hydrogens (tertiary/aromatic N) is 1. The molecule has 0 radical (unpaired) electrons. The third kappa shape index (κ3) is 3.32. The highest BCUT2D eigenvalue weighted by Crippen LogP contribution is 2.48. The molecule has 1 heterocycles. The minimum atomic E-state index is 0.282. The van der Waals surface area contributed by atoms with Gasteiger partial charge in [0, 0.05) is 12.1 Å². The largest absolute Gasteiger partial charge is 0.508 e. The molecular formula is C23H29NO. The molecule has 2 aliphatic rings. The lowest BCUT2D eigenvalue weighted by atomic mass is 9.63. The van der Waals surface area contributed by atoms with Crippen LogP contribution in [0.25, 0.3) is 0 Å². The molecule has 1 saturated carbocycles. The average Bonchev–Trinajstić information content (AvgIpc) is 2.63. The molecule has 4 rings (SSSR count). The summed E-state index contributed by atoms with van der Waals surface area (Å²) in [6, 6.07) is 20.2. The first-order valence-corrected chi connectivity index (χ1v) is 9.75. The maximum atomic E-state index is 9.93. The molecule has 1 unspecified atom stereocenters. The third-order valence-electron chi connectivity index (χ3n) is 6.54. The molecule has 1 aliphatic heterocycles. The third-order valence-corrected chi connectivity index (χ3v) is 6.54. The van der Waals surface area contributed by atoms with Crippen LogP contribution < -0.4 is 0 Å². The van der Waals surface area contributed by atoms with Crippen molar-refractivity contribution in [3.05, 3.63) is 65.7 Å². The van der Waals surface area contributed by atoms with Crippen LogP contribution in [0.4, 0.5) is 0 Å². The summed E-state index contributed by atoms with van der Waals surface area (Å²) in [5.41, 5.74) is 3.08. The molecule has 132 valence electrons. The van der Waals surface area contributed by atoms with E-state index in [9.17, 15) is 5.11 Å². The van der Waals surface area contributed by atoms with Crippen molar-refractivity contribution in [1.29, 1.82) is 0 Å². The van der Waals surface area contributed by atoms with Crippen LogP contribution in [0, 0.1) is 0 Å². The lowest BCUT2D eigenvalue weighted by Crippen LogP contribution is -2.54. The van der Waals surface area contributed by atoms with Crippen LogP contribution >= 0.6 is 0 Å². The number of likely N-dealkylation sites (tertiary alicyclic amines) is 1. The molecule has 3 atom stereocenters. The van der Waals surface area contributed by atoms with Crippen LogP contribution in [-0.2, 0) is 11.8 Å². The van der Waals surface area contributed by atoms with E-state index in [-0.39, 0.29) is 5.41 Å². The molecule has 0 spiro atoms. The van der Waals surface area contributed by atoms with Crippen molar-refractivity contribution in [1.82, 2.24) is 4.90 Å². The van der Waals surface area contributed by atoms with E-state index in [0.717, 1.165) is 6.42 Å². The van der Waals surface area contributed by atoms with Crippen LogP contribution in [0.5, 0.6) is 5.75 Å². The van der Waals surface area contributed by atoms with Crippen molar-refractivity contribution in [3.63, 3.8) is 0 Å². The Hall–Kier alpha value is -1.80. The van der Waals surface area contributed by atoms with E-state index >= 15 is 0 Å². The molecule has 2 aromatic carbocycles. The molecule has 0 aromatic heterocycles. The van der Waals surface area contributed by atoms with Crippen molar-refractivity contribution >= 4 is 0 Å². The number of benzene rings is 2. The fourth-order valence-electron chi connectivity index (χ4n) is 5.26. The average molecular weight is 335 g/mol. The first kappa shape index (κ1) is 16.7. The summed E-state index contributed by atoms with van der Waals surface area (Å²) in [6.07, 6.45) is 7.49. The van der Waals surface area contributed by atoms with Gasteiger partial charge in [-0.3, -0.25) is 4.90 Å². The van der Waals surface area contributed by atoms with Crippen LogP contribution in [-0.4, -0.2) is 28.6 Å². The van der Waals surface area contributed by atoms with Gasteiger partial charge in [0.1, 0.15) is 5.75 Å². The van der Waals surface area contributed by atoms with Gasteiger partial charge in [-0.15, -0.1) is 0 Å². The molecule has 1 N–H and O–H groups in total. The Morgan fingerprint density at radius 1 is 1.12 bits per heavy atom. The minimum absolute atomic E-state index is 0.282. The molecular weight excluding hydrogens is 306 g/mol. The zero-order valence-electron chi connectivity index (χ0n) is 15.2. The molecule has 2 heteroatoms. The van der Waals surface area contributed by atoms with Gasteiger partial charge in [-0.05, 0) is 74.2 Å². The van der Waals surface area contributed by atoms with Gasteiger partial charge in [0.2, 0.25) is 0 Å². The highest BCUT2D eigenvalue weighted by molar-refractivity contribution is 5.34. The maximum absolute atomic E-state index is 9.93. The molecule has 2 aromatic rings. The number of rotatable bonds is 4. The Morgan fingerprint density at radius 3 is 2.76 bits per heavy atom. The second-order valence-corrected chi connectivity index (χ2v) is 8.11. The van der Waals surface area contributed by atoms with Gasteiger partial charge < -0.3 is 5.11 Å². The molecule has 2 fully saturated rings. The Labute approximate surface area is 151 Å². The SMILES string of the molecule is CC(Cc1ccccc1)N1CC[C@@]2(c3cccc(O)c3)CCC[C@@H]1C2. The zero-order chi connectivity index (χ0) is 17.3. The van der Waals surface area contributed by atoms with Gasteiger partial charge >= 0.3 is 0 Å².